The maximum atomic E-state index is 11.7. The van der Waals surface area contributed by atoms with Crippen LogP contribution in [0.4, 0.5) is 0 Å². The quantitative estimate of drug-likeness (QED) is 0.776. The number of benzene rings is 1. The Morgan fingerprint density at radius 2 is 1.82 bits per heavy atom. The van der Waals surface area contributed by atoms with Gasteiger partial charge in [-0.15, -0.1) is 0 Å². The number of hydrogen-bond acceptors (Lipinski definition) is 3. The minimum atomic E-state index is -3.31. The minimum absolute atomic E-state index is 0.224. The highest BCUT2D eigenvalue weighted by Gasteiger charge is 2.15. The van der Waals surface area contributed by atoms with Crippen molar-refractivity contribution in [2.75, 3.05) is 6.26 Å². The van der Waals surface area contributed by atoms with Crippen LogP contribution in [0.15, 0.2) is 47.5 Å². The molecule has 5 heteroatoms. The molecular weight excluding hydrogens is 238 g/mol. The number of carbonyl (C=O) groups excluding carboxylic acids is 1. The van der Waals surface area contributed by atoms with Crippen molar-refractivity contribution in [1.82, 2.24) is 4.57 Å². The zero-order valence-corrected chi connectivity index (χ0v) is 10.0. The van der Waals surface area contributed by atoms with Crippen LogP contribution in [0.2, 0.25) is 0 Å². The van der Waals surface area contributed by atoms with Gasteiger partial charge in [-0.1, -0.05) is 18.2 Å². The van der Waals surface area contributed by atoms with E-state index in [0.29, 0.717) is 17.7 Å². The van der Waals surface area contributed by atoms with Crippen LogP contribution in [0, 0.1) is 0 Å². The van der Waals surface area contributed by atoms with E-state index in [1.54, 1.807) is 36.5 Å². The molecule has 0 atom stereocenters. The maximum absolute atomic E-state index is 11.7. The summed E-state index contributed by atoms with van der Waals surface area (Å²) in [4.78, 5) is 11.1. The molecule has 0 radical (unpaired) electrons. The van der Waals surface area contributed by atoms with E-state index < -0.39 is 9.84 Å². The number of sulfone groups is 1. The average Bonchev–Trinajstić information content (AvgIpc) is 2.75. The largest absolute Gasteiger partial charge is 0.290 e. The van der Waals surface area contributed by atoms with Crippen LogP contribution in [-0.2, 0) is 14.6 Å². The normalized spacial score (nSPS) is 11.4. The van der Waals surface area contributed by atoms with Crippen molar-refractivity contribution in [2.45, 2.75) is 4.90 Å². The van der Waals surface area contributed by atoms with Gasteiger partial charge < -0.3 is 0 Å². The third-order valence-corrected chi connectivity index (χ3v) is 3.61. The van der Waals surface area contributed by atoms with E-state index in [4.69, 9.17) is 0 Å². The van der Waals surface area contributed by atoms with E-state index in [9.17, 15) is 13.2 Å². The minimum Gasteiger partial charge on any atom is -0.290 e. The molecule has 0 bridgehead atoms. The van der Waals surface area contributed by atoms with Crippen LogP contribution in [0.25, 0.3) is 11.3 Å². The molecule has 0 aliphatic heterocycles. The van der Waals surface area contributed by atoms with Crippen molar-refractivity contribution in [3.8, 4) is 11.3 Å². The fraction of sp³-hybridized carbons (Fsp3) is 0.0833. The van der Waals surface area contributed by atoms with Crippen molar-refractivity contribution >= 4 is 16.2 Å². The molecule has 0 amide bonds. The summed E-state index contributed by atoms with van der Waals surface area (Å²) in [6.45, 7) is 0. The zero-order chi connectivity index (χ0) is 12.5. The Kier molecular flexibility index (Phi) is 2.85. The maximum Gasteiger partial charge on any atom is 0.218 e. The number of carbonyl (C=O) groups is 1. The van der Waals surface area contributed by atoms with Crippen LogP contribution in [0.1, 0.15) is 0 Å². The number of nitrogens with zero attached hydrogens (tertiary/aromatic N) is 1. The molecule has 88 valence electrons. The van der Waals surface area contributed by atoms with Crippen LogP contribution < -0.4 is 0 Å². The van der Waals surface area contributed by atoms with Gasteiger partial charge in [0.1, 0.15) is 0 Å². The van der Waals surface area contributed by atoms with Gasteiger partial charge in [0.05, 0.1) is 10.6 Å². The summed E-state index contributed by atoms with van der Waals surface area (Å²) in [5.74, 6) is 0. The Labute approximate surface area is 99.4 Å². The SMILES string of the molecule is CS(=O)(=O)c1ccccc1-c1cccn1C=O. The summed E-state index contributed by atoms with van der Waals surface area (Å²) in [6, 6.07) is 10.0. The third-order valence-electron chi connectivity index (χ3n) is 2.45. The van der Waals surface area contributed by atoms with Gasteiger partial charge in [0, 0.05) is 18.0 Å². The molecule has 0 saturated heterocycles. The van der Waals surface area contributed by atoms with Crippen molar-refractivity contribution in [3.63, 3.8) is 0 Å². The molecular formula is C12H11NO3S. The highest BCUT2D eigenvalue weighted by molar-refractivity contribution is 7.90. The first-order valence-corrected chi connectivity index (χ1v) is 6.85. The predicted molar refractivity (Wildman–Crippen MR) is 65.1 cm³/mol. The Morgan fingerprint density at radius 1 is 1.12 bits per heavy atom. The molecule has 0 aliphatic rings. The highest BCUT2D eigenvalue weighted by Crippen LogP contribution is 2.26. The standard InChI is InChI=1S/C12H11NO3S/c1-17(15,16)12-7-3-2-5-10(12)11-6-4-8-13(11)9-14/h2-9H,1H3. The summed E-state index contributed by atoms with van der Waals surface area (Å²) in [6.07, 6.45) is 3.38. The first-order chi connectivity index (χ1) is 8.04. The lowest BCUT2D eigenvalue weighted by Crippen LogP contribution is -2.02. The van der Waals surface area contributed by atoms with Gasteiger partial charge in [0.25, 0.3) is 0 Å². The molecule has 0 spiro atoms. The fourth-order valence-electron chi connectivity index (χ4n) is 1.72. The van der Waals surface area contributed by atoms with Gasteiger partial charge in [-0.25, -0.2) is 8.42 Å². The van der Waals surface area contributed by atoms with Gasteiger partial charge in [0.2, 0.25) is 6.41 Å². The monoisotopic (exact) mass is 249 g/mol. The molecule has 0 unspecified atom stereocenters. The van der Waals surface area contributed by atoms with Crippen molar-refractivity contribution in [2.24, 2.45) is 0 Å². The Morgan fingerprint density at radius 3 is 2.47 bits per heavy atom. The van der Waals surface area contributed by atoms with Crippen LogP contribution in [0.5, 0.6) is 0 Å². The fourth-order valence-corrected chi connectivity index (χ4v) is 2.61. The third kappa shape index (κ3) is 2.14. The van der Waals surface area contributed by atoms with E-state index in [0.717, 1.165) is 6.26 Å². The topological polar surface area (TPSA) is 56.1 Å². The smallest absolute Gasteiger partial charge is 0.218 e. The Bertz CT molecular complexity index is 656. The van der Waals surface area contributed by atoms with Crippen molar-refractivity contribution in [3.05, 3.63) is 42.6 Å². The predicted octanol–water partition coefficient (Wildman–Crippen LogP) is 1.60. The van der Waals surface area contributed by atoms with Crippen LogP contribution in [0.3, 0.4) is 0 Å². The van der Waals surface area contributed by atoms with Gasteiger partial charge in [-0.2, -0.15) is 0 Å². The molecule has 0 aliphatic carbocycles. The van der Waals surface area contributed by atoms with E-state index in [1.165, 1.54) is 10.6 Å². The van der Waals surface area contributed by atoms with Gasteiger partial charge >= 0.3 is 0 Å². The molecule has 2 aromatic rings. The van der Waals surface area contributed by atoms with Gasteiger partial charge in [-0.05, 0) is 18.2 Å². The second kappa shape index (κ2) is 4.18. The lowest BCUT2D eigenvalue weighted by Gasteiger charge is -2.07. The number of hydrogen-bond donors (Lipinski definition) is 0. The van der Waals surface area contributed by atoms with E-state index in [-0.39, 0.29) is 4.90 Å². The summed E-state index contributed by atoms with van der Waals surface area (Å²) in [5, 5.41) is 0. The molecule has 1 aromatic carbocycles. The molecule has 2 rings (SSSR count). The van der Waals surface area contributed by atoms with Crippen LogP contribution in [-0.4, -0.2) is 25.7 Å². The van der Waals surface area contributed by atoms with E-state index in [1.807, 2.05) is 0 Å². The molecule has 4 nitrogen and oxygen atoms in total. The van der Waals surface area contributed by atoms with Gasteiger partial charge in [-0.3, -0.25) is 9.36 Å². The Hall–Kier alpha value is -1.88. The second-order valence-electron chi connectivity index (χ2n) is 3.67. The summed E-state index contributed by atoms with van der Waals surface area (Å²) < 4.78 is 24.7. The lowest BCUT2D eigenvalue weighted by atomic mass is 10.1. The summed E-state index contributed by atoms with van der Waals surface area (Å²) >= 11 is 0. The first-order valence-electron chi connectivity index (χ1n) is 4.95. The summed E-state index contributed by atoms with van der Waals surface area (Å²) in [5.41, 5.74) is 1.10. The van der Waals surface area contributed by atoms with E-state index in [2.05, 4.69) is 0 Å². The second-order valence-corrected chi connectivity index (χ2v) is 5.66. The number of rotatable bonds is 3. The molecule has 1 heterocycles. The molecule has 17 heavy (non-hydrogen) atoms. The molecule has 0 fully saturated rings. The van der Waals surface area contributed by atoms with Gasteiger partial charge in [0.15, 0.2) is 9.84 Å². The molecule has 0 N–H and O–H groups in total. The average molecular weight is 249 g/mol. The summed E-state index contributed by atoms with van der Waals surface area (Å²) in [7, 11) is -3.31. The first kappa shape index (κ1) is 11.6. The van der Waals surface area contributed by atoms with E-state index >= 15 is 0 Å². The Balaban J connectivity index is 2.73. The van der Waals surface area contributed by atoms with Crippen molar-refractivity contribution in [1.29, 1.82) is 0 Å². The number of aromatic nitrogens is 1. The highest BCUT2D eigenvalue weighted by atomic mass is 32.2. The molecule has 1 aromatic heterocycles. The molecule has 0 saturated carbocycles. The van der Waals surface area contributed by atoms with Crippen molar-refractivity contribution < 1.29 is 13.2 Å². The lowest BCUT2D eigenvalue weighted by molar-refractivity contribution is 0.548. The van der Waals surface area contributed by atoms with Crippen LogP contribution >= 0.6 is 0 Å². The zero-order valence-electron chi connectivity index (χ0n) is 9.20.